The smallest absolute Gasteiger partial charge is 0.152 e. The van der Waals surface area contributed by atoms with Gasteiger partial charge < -0.3 is 10.1 Å². The molecule has 0 amide bonds. The van der Waals surface area contributed by atoms with Gasteiger partial charge in [0.25, 0.3) is 0 Å². The highest BCUT2D eigenvalue weighted by atomic mass is 32.2. The standard InChI is InChI=1S/C14H23N3O3S/c1-20-6-5-15-8-12-9-16-17(14(12)11-2-3-11)13-4-7-21(18,19)10-13/h9,11,13,15H,2-8,10H2,1H3. The van der Waals surface area contributed by atoms with E-state index in [0.29, 0.717) is 24.7 Å². The predicted molar refractivity (Wildman–Crippen MR) is 80.1 cm³/mol. The first-order chi connectivity index (χ1) is 10.1. The van der Waals surface area contributed by atoms with Gasteiger partial charge >= 0.3 is 0 Å². The van der Waals surface area contributed by atoms with Crippen molar-refractivity contribution >= 4 is 9.84 Å². The van der Waals surface area contributed by atoms with Crippen molar-refractivity contribution in [3.05, 3.63) is 17.5 Å². The Morgan fingerprint density at radius 2 is 2.24 bits per heavy atom. The van der Waals surface area contributed by atoms with Crippen LogP contribution in [0.1, 0.15) is 42.5 Å². The average molecular weight is 313 g/mol. The van der Waals surface area contributed by atoms with E-state index in [9.17, 15) is 8.42 Å². The number of rotatable bonds is 7. The van der Waals surface area contributed by atoms with E-state index in [1.807, 2.05) is 10.9 Å². The maximum atomic E-state index is 11.7. The minimum atomic E-state index is -2.87. The Bertz CT molecular complexity index is 593. The summed E-state index contributed by atoms with van der Waals surface area (Å²) in [6, 6.07) is 0.0262. The van der Waals surface area contributed by atoms with E-state index in [1.54, 1.807) is 7.11 Å². The molecular formula is C14H23N3O3S. The van der Waals surface area contributed by atoms with E-state index in [0.717, 1.165) is 13.1 Å². The molecule has 2 aliphatic rings. The number of nitrogens with one attached hydrogen (secondary N) is 1. The first-order valence-electron chi connectivity index (χ1n) is 7.57. The monoisotopic (exact) mass is 313 g/mol. The van der Waals surface area contributed by atoms with E-state index in [-0.39, 0.29) is 11.8 Å². The Morgan fingerprint density at radius 3 is 2.86 bits per heavy atom. The number of nitrogens with zero attached hydrogens (tertiary/aromatic N) is 2. The molecule has 2 fully saturated rings. The van der Waals surface area contributed by atoms with Gasteiger partial charge in [-0.25, -0.2) is 8.42 Å². The van der Waals surface area contributed by atoms with E-state index in [2.05, 4.69) is 10.4 Å². The molecule has 1 aliphatic heterocycles. The third-order valence-corrected chi connectivity index (χ3v) is 5.98. The highest BCUT2D eigenvalue weighted by molar-refractivity contribution is 7.91. The quantitative estimate of drug-likeness (QED) is 0.756. The Kier molecular flexibility index (Phi) is 4.33. The zero-order chi connectivity index (χ0) is 14.9. The summed E-state index contributed by atoms with van der Waals surface area (Å²) in [6.07, 6.45) is 4.98. The number of sulfone groups is 1. The summed E-state index contributed by atoms with van der Waals surface area (Å²) in [7, 11) is -1.18. The van der Waals surface area contributed by atoms with Crippen molar-refractivity contribution in [3.8, 4) is 0 Å². The lowest BCUT2D eigenvalue weighted by atomic mass is 10.1. The maximum Gasteiger partial charge on any atom is 0.152 e. The van der Waals surface area contributed by atoms with Crippen LogP contribution < -0.4 is 5.32 Å². The van der Waals surface area contributed by atoms with Gasteiger partial charge in [-0.1, -0.05) is 0 Å². The average Bonchev–Trinajstić information content (AvgIpc) is 3.10. The molecule has 6 nitrogen and oxygen atoms in total. The second-order valence-corrected chi connectivity index (χ2v) is 8.23. The number of ether oxygens (including phenoxy) is 1. The normalized spacial score (nSPS) is 24.5. The summed E-state index contributed by atoms with van der Waals surface area (Å²) in [5.74, 6) is 1.10. The fourth-order valence-corrected chi connectivity index (χ4v) is 4.70. The number of hydrogen-bond acceptors (Lipinski definition) is 5. The van der Waals surface area contributed by atoms with Crippen LogP contribution in [0, 0.1) is 0 Å². The molecule has 3 rings (SSSR count). The molecule has 7 heteroatoms. The van der Waals surface area contributed by atoms with Gasteiger partial charge in [-0.3, -0.25) is 4.68 Å². The van der Waals surface area contributed by atoms with Crippen LogP contribution in [-0.4, -0.2) is 50.0 Å². The van der Waals surface area contributed by atoms with E-state index in [4.69, 9.17) is 4.74 Å². The molecule has 21 heavy (non-hydrogen) atoms. The van der Waals surface area contributed by atoms with Crippen LogP contribution in [0.3, 0.4) is 0 Å². The topological polar surface area (TPSA) is 73.2 Å². The fraction of sp³-hybridized carbons (Fsp3) is 0.786. The Balaban J connectivity index is 1.74. The molecule has 1 saturated carbocycles. The molecule has 1 aliphatic carbocycles. The molecule has 0 bridgehead atoms. The first kappa shape index (κ1) is 15.0. The van der Waals surface area contributed by atoms with Gasteiger partial charge in [0.15, 0.2) is 9.84 Å². The molecule has 2 heterocycles. The van der Waals surface area contributed by atoms with E-state index >= 15 is 0 Å². The molecule has 1 unspecified atom stereocenters. The van der Waals surface area contributed by atoms with Crippen molar-refractivity contribution in [1.82, 2.24) is 15.1 Å². The van der Waals surface area contributed by atoms with E-state index in [1.165, 1.54) is 24.1 Å². The summed E-state index contributed by atoms with van der Waals surface area (Å²) in [5.41, 5.74) is 2.46. The van der Waals surface area contributed by atoms with Crippen molar-refractivity contribution < 1.29 is 13.2 Å². The van der Waals surface area contributed by atoms with Crippen molar-refractivity contribution in [3.63, 3.8) is 0 Å². The Hall–Kier alpha value is -0.920. The fourth-order valence-electron chi connectivity index (χ4n) is 3.01. The summed E-state index contributed by atoms with van der Waals surface area (Å²) >= 11 is 0. The van der Waals surface area contributed by atoms with Gasteiger partial charge in [0, 0.05) is 37.4 Å². The molecule has 1 aromatic rings. The van der Waals surface area contributed by atoms with Gasteiger partial charge in [-0.05, 0) is 19.3 Å². The second-order valence-electron chi connectivity index (χ2n) is 6.00. The van der Waals surface area contributed by atoms with Crippen molar-refractivity contribution in [1.29, 1.82) is 0 Å². The third-order valence-electron chi connectivity index (χ3n) is 4.23. The molecule has 1 aromatic heterocycles. The van der Waals surface area contributed by atoms with Crippen LogP contribution in [0.25, 0.3) is 0 Å². The SMILES string of the molecule is COCCNCc1cnn(C2CCS(=O)(=O)C2)c1C1CC1. The minimum Gasteiger partial charge on any atom is -0.383 e. The summed E-state index contributed by atoms with van der Waals surface area (Å²) < 4.78 is 30.4. The minimum absolute atomic E-state index is 0.0262. The molecule has 1 atom stereocenters. The number of aromatic nitrogens is 2. The molecule has 0 aromatic carbocycles. The molecular weight excluding hydrogens is 290 g/mol. The zero-order valence-electron chi connectivity index (χ0n) is 12.4. The summed E-state index contributed by atoms with van der Waals surface area (Å²) in [4.78, 5) is 0. The van der Waals surface area contributed by atoms with Gasteiger partial charge in [0.05, 0.1) is 30.4 Å². The third kappa shape index (κ3) is 3.46. The number of methoxy groups -OCH3 is 1. The summed E-state index contributed by atoms with van der Waals surface area (Å²) in [6.45, 7) is 2.27. The largest absolute Gasteiger partial charge is 0.383 e. The van der Waals surface area contributed by atoms with Crippen LogP contribution in [-0.2, 0) is 21.1 Å². The zero-order valence-corrected chi connectivity index (χ0v) is 13.2. The maximum absolute atomic E-state index is 11.7. The molecule has 0 spiro atoms. The van der Waals surface area contributed by atoms with Crippen molar-refractivity contribution in [2.75, 3.05) is 31.8 Å². The van der Waals surface area contributed by atoms with Gasteiger partial charge in [0.2, 0.25) is 0 Å². The lowest BCUT2D eigenvalue weighted by molar-refractivity contribution is 0.199. The van der Waals surface area contributed by atoms with Gasteiger partial charge in [-0.15, -0.1) is 0 Å². The first-order valence-corrected chi connectivity index (χ1v) is 9.39. The van der Waals surface area contributed by atoms with Crippen molar-refractivity contribution in [2.24, 2.45) is 0 Å². The lowest BCUT2D eigenvalue weighted by Crippen LogP contribution is -2.20. The van der Waals surface area contributed by atoms with Gasteiger partial charge in [-0.2, -0.15) is 5.10 Å². The van der Waals surface area contributed by atoms with Crippen LogP contribution in [0.2, 0.25) is 0 Å². The van der Waals surface area contributed by atoms with Crippen LogP contribution in [0.4, 0.5) is 0 Å². The highest BCUT2D eigenvalue weighted by Gasteiger charge is 2.36. The van der Waals surface area contributed by atoms with Crippen LogP contribution >= 0.6 is 0 Å². The number of hydrogen-bond donors (Lipinski definition) is 1. The van der Waals surface area contributed by atoms with Crippen molar-refractivity contribution in [2.45, 2.75) is 37.8 Å². The second kappa shape index (κ2) is 6.06. The van der Waals surface area contributed by atoms with Crippen LogP contribution in [0.5, 0.6) is 0 Å². The van der Waals surface area contributed by atoms with E-state index < -0.39 is 9.84 Å². The molecule has 0 radical (unpaired) electrons. The molecule has 1 N–H and O–H groups in total. The Labute approximate surface area is 125 Å². The lowest BCUT2D eigenvalue weighted by Gasteiger charge is -2.14. The van der Waals surface area contributed by atoms with Gasteiger partial charge in [0.1, 0.15) is 0 Å². The predicted octanol–water partition coefficient (Wildman–Crippen LogP) is 0.856. The summed E-state index contributed by atoms with van der Waals surface area (Å²) in [5, 5.41) is 7.85. The van der Waals surface area contributed by atoms with Crippen LogP contribution in [0.15, 0.2) is 6.20 Å². The Morgan fingerprint density at radius 1 is 1.43 bits per heavy atom. The highest BCUT2D eigenvalue weighted by Crippen LogP contribution is 2.43. The molecule has 1 saturated heterocycles. The molecule has 118 valence electrons.